The van der Waals surface area contributed by atoms with Crippen molar-refractivity contribution in [2.75, 3.05) is 25.0 Å². The summed E-state index contributed by atoms with van der Waals surface area (Å²) < 4.78 is 18.7. The van der Waals surface area contributed by atoms with Crippen LogP contribution in [-0.4, -0.2) is 37.3 Å². The lowest BCUT2D eigenvalue weighted by Crippen LogP contribution is -2.51. The topological polar surface area (TPSA) is 65.7 Å². The van der Waals surface area contributed by atoms with Gasteiger partial charge in [-0.15, -0.1) is 0 Å². The van der Waals surface area contributed by atoms with Crippen molar-refractivity contribution in [3.63, 3.8) is 0 Å². The molecule has 2 aromatic rings. The molecule has 146 valence electrons. The van der Waals surface area contributed by atoms with Gasteiger partial charge in [0.15, 0.2) is 11.7 Å². The van der Waals surface area contributed by atoms with Crippen LogP contribution in [0.5, 0.6) is 0 Å². The minimum atomic E-state index is -0.189. The van der Waals surface area contributed by atoms with E-state index in [1.807, 2.05) is 26.0 Å². The first-order valence-corrected chi connectivity index (χ1v) is 9.51. The van der Waals surface area contributed by atoms with Gasteiger partial charge in [0, 0.05) is 37.9 Å². The summed E-state index contributed by atoms with van der Waals surface area (Å²) >= 11 is 0. The minimum absolute atomic E-state index is 0.189. The molecule has 0 bridgehead atoms. The van der Waals surface area contributed by atoms with E-state index in [0.29, 0.717) is 6.54 Å². The number of rotatable bonds is 5. The highest BCUT2D eigenvalue weighted by molar-refractivity contribution is 5.80. The van der Waals surface area contributed by atoms with E-state index in [4.69, 9.17) is 4.52 Å². The third-order valence-corrected chi connectivity index (χ3v) is 4.89. The maximum absolute atomic E-state index is 13.4. The van der Waals surface area contributed by atoms with Crippen LogP contribution >= 0.6 is 0 Å². The Morgan fingerprint density at radius 3 is 2.96 bits per heavy atom. The normalized spacial score (nSPS) is 17.9. The predicted molar refractivity (Wildman–Crippen MR) is 106 cm³/mol. The van der Waals surface area contributed by atoms with Crippen LogP contribution in [0.4, 0.5) is 10.1 Å². The molecule has 1 fully saturated rings. The van der Waals surface area contributed by atoms with Gasteiger partial charge in [-0.05, 0) is 49.9 Å². The van der Waals surface area contributed by atoms with Crippen molar-refractivity contribution >= 4 is 11.6 Å². The number of nitrogens with zero attached hydrogens (tertiary/aromatic N) is 3. The lowest BCUT2D eigenvalue weighted by atomic mass is 10.0. The molecular formula is C20H28FN5O. The minimum Gasteiger partial charge on any atom is -0.369 e. The number of piperidine rings is 1. The maximum Gasteiger partial charge on any atom is 0.191 e. The summed E-state index contributed by atoms with van der Waals surface area (Å²) in [6.45, 7) is 6.38. The molecule has 2 heterocycles. The molecule has 1 atom stereocenters. The van der Waals surface area contributed by atoms with Crippen molar-refractivity contribution < 1.29 is 8.91 Å². The van der Waals surface area contributed by atoms with Crippen LogP contribution in [0.25, 0.3) is 0 Å². The van der Waals surface area contributed by atoms with Gasteiger partial charge in [-0.3, -0.25) is 4.99 Å². The third kappa shape index (κ3) is 4.99. The van der Waals surface area contributed by atoms with Gasteiger partial charge in [0.25, 0.3) is 0 Å². The summed E-state index contributed by atoms with van der Waals surface area (Å²) in [5.74, 6) is 1.35. The molecule has 6 nitrogen and oxygen atoms in total. The molecule has 0 saturated carbocycles. The van der Waals surface area contributed by atoms with Gasteiger partial charge in [-0.1, -0.05) is 12.1 Å². The Labute approximate surface area is 159 Å². The summed E-state index contributed by atoms with van der Waals surface area (Å²) in [6.07, 6.45) is 3.00. The molecule has 3 rings (SSSR count). The number of guanidine groups is 1. The van der Waals surface area contributed by atoms with Gasteiger partial charge in [0.2, 0.25) is 0 Å². The first kappa shape index (κ1) is 19.2. The van der Waals surface area contributed by atoms with Crippen molar-refractivity contribution in [1.29, 1.82) is 0 Å². The average molecular weight is 373 g/mol. The Bertz CT molecular complexity index is 788. The number of aromatic nitrogens is 1. The molecule has 1 aromatic heterocycles. The van der Waals surface area contributed by atoms with E-state index in [2.05, 4.69) is 25.7 Å². The van der Waals surface area contributed by atoms with E-state index >= 15 is 0 Å². The molecule has 7 heteroatoms. The Hall–Kier alpha value is -2.57. The van der Waals surface area contributed by atoms with Crippen LogP contribution in [0.3, 0.4) is 0 Å². The molecule has 27 heavy (non-hydrogen) atoms. The standard InChI is InChI=1S/C20H28FN5O/c1-4-16-11-18(27-25-16)12-23-20(22-3)24-17-6-5-9-26(13-17)19-8-7-15(21)10-14(19)2/h7-8,10-11,17H,4-6,9,12-13H2,1-3H3,(H2,22,23,24). The zero-order valence-electron chi connectivity index (χ0n) is 16.3. The summed E-state index contributed by atoms with van der Waals surface area (Å²) in [5, 5.41) is 10.8. The Kier molecular flexibility index (Phi) is 6.32. The zero-order chi connectivity index (χ0) is 19.2. The van der Waals surface area contributed by atoms with Crippen molar-refractivity contribution in [2.24, 2.45) is 4.99 Å². The quantitative estimate of drug-likeness (QED) is 0.623. The predicted octanol–water partition coefficient (Wildman–Crippen LogP) is 3.02. The lowest BCUT2D eigenvalue weighted by molar-refractivity contribution is 0.374. The number of hydrogen-bond acceptors (Lipinski definition) is 4. The Balaban J connectivity index is 1.56. The summed E-state index contributed by atoms with van der Waals surface area (Å²) in [4.78, 5) is 6.63. The number of anilines is 1. The SMILES string of the molecule is CCc1cc(CNC(=NC)NC2CCCN(c3ccc(F)cc3C)C2)on1. The highest BCUT2D eigenvalue weighted by Crippen LogP contribution is 2.24. The lowest BCUT2D eigenvalue weighted by Gasteiger charge is -2.36. The molecule has 1 unspecified atom stereocenters. The molecule has 0 spiro atoms. The van der Waals surface area contributed by atoms with Gasteiger partial charge in [0.05, 0.1) is 12.2 Å². The largest absolute Gasteiger partial charge is 0.369 e. The van der Waals surface area contributed by atoms with Crippen molar-refractivity contribution in [1.82, 2.24) is 15.8 Å². The van der Waals surface area contributed by atoms with Crippen LogP contribution in [0, 0.1) is 12.7 Å². The first-order valence-electron chi connectivity index (χ1n) is 9.51. The number of aliphatic imine (C=N–C) groups is 1. The third-order valence-electron chi connectivity index (χ3n) is 4.89. The number of nitrogens with one attached hydrogen (secondary N) is 2. The molecule has 0 radical (unpaired) electrons. The van der Waals surface area contributed by atoms with Crippen LogP contribution in [0.1, 0.15) is 36.8 Å². The van der Waals surface area contributed by atoms with Crippen LogP contribution in [-0.2, 0) is 13.0 Å². The second kappa shape index (κ2) is 8.88. The van der Waals surface area contributed by atoms with Crippen molar-refractivity contribution in [3.8, 4) is 0 Å². The Morgan fingerprint density at radius 2 is 2.26 bits per heavy atom. The fourth-order valence-corrected chi connectivity index (χ4v) is 3.45. The van der Waals surface area contributed by atoms with E-state index in [-0.39, 0.29) is 11.9 Å². The molecular weight excluding hydrogens is 345 g/mol. The highest BCUT2D eigenvalue weighted by Gasteiger charge is 2.22. The fraction of sp³-hybridized carbons (Fsp3) is 0.500. The number of halogens is 1. The second-order valence-electron chi connectivity index (χ2n) is 6.92. The molecule has 2 N–H and O–H groups in total. The molecule has 0 aliphatic carbocycles. The highest BCUT2D eigenvalue weighted by atomic mass is 19.1. The molecule has 1 aliphatic heterocycles. The average Bonchev–Trinajstić information content (AvgIpc) is 3.13. The monoisotopic (exact) mass is 373 g/mol. The number of aryl methyl sites for hydroxylation is 2. The zero-order valence-corrected chi connectivity index (χ0v) is 16.3. The fourth-order valence-electron chi connectivity index (χ4n) is 3.45. The maximum atomic E-state index is 13.4. The van der Waals surface area contributed by atoms with E-state index in [1.165, 1.54) is 6.07 Å². The molecule has 1 aromatic carbocycles. The van der Waals surface area contributed by atoms with Crippen LogP contribution in [0.15, 0.2) is 33.8 Å². The molecule has 1 aliphatic rings. The van der Waals surface area contributed by atoms with E-state index in [0.717, 1.165) is 61.0 Å². The first-order chi connectivity index (χ1) is 13.1. The van der Waals surface area contributed by atoms with Crippen LogP contribution < -0.4 is 15.5 Å². The van der Waals surface area contributed by atoms with Gasteiger partial charge >= 0.3 is 0 Å². The number of benzene rings is 1. The van der Waals surface area contributed by atoms with Gasteiger partial charge in [-0.25, -0.2) is 4.39 Å². The van der Waals surface area contributed by atoms with Gasteiger partial charge in [-0.2, -0.15) is 0 Å². The summed E-state index contributed by atoms with van der Waals surface area (Å²) in [6, 6.07) is 7.22. The van der Waals surface area contributed by atoms with E-state index < -0.39 is 0 Å². The molecule has 1 saturated heterocycles. The number of hydrogen-bond donors (Lipinski definition) is 2. The Morgan fingerprint density at radius 1 is 1.41 bits per heavy atom. The van der Waals surface area contributed by atoms with E-state index in [1.54, 1.807) is 13.1 Å². The van der Waals surface area contributed by atoms with Gasteiger partial charge in [0.1, 0.15) is 5.82 Å². The van der Waals surface area contributed by atoms with Gasteiger partial charge < -0.3 is 20.1 Å². The second-order valence-corrected chi connectivity index (χ2v) is 6.92. The van der Waals surface area contributed by atoms with Crippen molar-refractivity contribution in [2.45, 2.75) is 45.7 Å². The van der Waals surface area contributed by atoms with E-state index in [9.17, 15) is 4.39 Å². The summed E-state index contributed by atoms with van der Waals surface area (Å²) in [7, 11) is 1.76. The van der Waals surface area contributed by atoms with Crippen LogP contribution in [0.2, 0.25) is 0 Å². The van der Waals surface area contributed by atoms with Crippen molar-refractivity contribution in [3.05, 3.63) is 47.1 Å². The summed E-state index contributed by atoms with van der Waals surface area (Å²) in [5.41, 5.74) is 3.02. The smallest absolute Gasteiger partial charge is 0.191 e. The molecule has 0 amide bonds.